The van der Waals surface area contributed by atoms with Gasteiger partial charge in [0, 0.05) is 5.69 Å². The van der Waals surface area contributed by atoms with Crippen molar-refractivity contribution in [1.82, 2.24) is 9.55 Å². The van der Waals surface area contributed by atoms with Crippen LogP contribution in [-0.4, -0.2) is 20.6 Å². The summed E-state index contributed by atoms with van der Waals surface area (Å²) in [6.07, 6.45) is 5.21. The minimum absolute atomic E-state index is 0.460. The van der Waals surface area contributed by atoms with Crippen molar-refractivity contribution in [3.8, 4) is 0 Å². The lowest BCUT2D eigenvalue weighted by Crippen LogP contribution is -2.45. The van der Waals surface area contributed by atoms with E-state index in [1.54, 1.807) is 6.33 Å². The van der Waals surface area contributed by atoms with Crippen LogP contribution in [0.4, 0.5) is 0 Å². The molecule has 1 N–H and O–H groups in total. The first-order chi connectivity index (χ1) is 7.97. The monoisotopic (exact) mass is 236 g/mol. The third-order valence-corrected chi connectivity index (χ3v) is 4.08. The van der Waals surface area contributed by atoms with E-state index in [2.05, 4.69) is 11.9 Å². The van der Waals surface area contributed by atoms with Crippen LogP contribution in [0.2, 0.25) is 0 Å². The lowest BCUT2D eigenvalue weighted by atomic mass is 9.76. The molecular weight excluding hydrogens is 216 g/mol. The number of aryl methyl sites for hydroxylation is 1. The first-order valence-electron chi connectivity index (χ1n) is 6.22. The Hall–Kier alpha value is -1.32. The largest absolute Gasteiger partial charge is 0.479 e. The van der Waals surface area contributed by atoms with E-state index in [0.29, 0.717) is 18.8 Å². The lowest BCUT2D eigenvalue weighted by Gasteiger charge is -2.38. The van der Waals surface area contributed by atoms with Gasteiger partial charge in [0.05, 0.1) is 12.0 Å². The minimum atomic E-state index is -0.775. The highest BCUT2D eigenvalue weighted by Gasteiger charge is 2.44. The molecule has 2 unspecified atom stereocenters. The van der Waals surface area contributed by atoms with Crippen molar-refractivity contribution in [2.75, 3.05) is 0 Å². The predicted molar refractivity (Wildman–Crippen MR) is 64.9 cm³/mol. The molecule has 2 rings (SSSR count). The molecule has 1 aromatic rings. The maximum absolute atomic E-state index is 11.7. The molecule has 0 radical (unpaired) electrons. The van der Waals surface area contributed by atoms with E-state index in [4.69, 9.17) is 0 Å². The number of imidazole rings is 1. The number of carbonyl (C=O) groups is 1. The van der Waals surface area contributed by atoms with Crippen LogP contribution in [0.15, 0.2) is 6.33 Å². The van der Waals surface area contributed by atoms with E-state index in [-0.39, 0.29) is 0 Å². The first kappa shape index (κ1) is 12.1. The third kappa shape index (κ3) is 1.85. The topological polar surface area (TPSA) is 55.1 Å². The van der Waals surface area contributed by atoms with Gasteiger partial charge in [0.2, 0.25) is 0 Å². The van der Waals surface area contributed by atoms with E-state index in [0.717, 1.165) is 24.2 Å². The summed E-state index contributed by atoms with van der Waals surface area (Å²) >= 11 is 0. The molecule has 1 saturated carbocycles. The predicted octanol–water partition coefficient (Wildman–Crippen LogP) is 2.49. The molecule has 1 aromatic heterocycles. The second-order valence-electron chi connectivity index (χ2n) is 5.32. The highest BCUT2D eigenvalue weighted by molar-refractivity contribution is 5.77. The zero-order valence-corrected chi connectivity index (χ0v) is 10.7. The van der Waals surface area contributed by atoms with Gasteiger partial charge in [-0.05, 0) is 32.6 Å². The van der Waals surface area contributed by atoms with Gasteiger partial charge in [-0.1, -0.05) is 19.8 Å². The molecule has 0 spiro atoms. The SMILES string of the molecule is Cc1ncn(C2(C(=O)O)CCCC(C)C2)c1C. The van der Waals surface area contributed by atoms with E-state index in [1.807, 2.05) is 18.4 Å². The molecule has 0 aliphatic heterocycles. The van der Waals surface area contributed by atoms with E-state index in [1.165, 1.54) is 0 Å². The summed E-state index contributed by atoms with van der Waals surface area (Å²) in [5, 5.41) is 9.65. The normalized spacial score (nSPS) is 29.2. The van der Waals surface area contributed by atoms with Crippen LogP contribution in [0.25, 0.3) is 0 Å². The highest BCUT2D eigenvalue weighted by Crippen LogP contribution is 2.39. The molecule has 0 aromatic carbocycles. The van der Waals surface area contributed by atoms with Crippen molar-refractivity contribution in [3.05, 3.63) is 17.7 Å². The molecule has 0 amide bonds. The number of hydrogen-bond donors (Lipinski definition) is 1. The Morgan fingerprint density at radius 1 is 1.59 bits per heavy atom. The molecular formula is C13H20N2O2. The molecule has 2 atom stereocenters. The number of nitrogens with zero attached hydrogens (tertiary/aromatic N) is 2. The van der Waals surface area contributed by atoms with Gasteiger partial charge in [-0.3, -0.25) is 0 Å². The Bertz CT molecular complexity index is 439. The van der Waals surface area contributed by atoms with Gasteiger partial charge >= 0.3 is 5.97 Å². The fourth-order valence-corrected chi connectivity index (χ4v) is 2.97. The van der Waals surface area contributed by atoms with Gasteiger partial charge < -0.3 is 9.67 Å². The molecule has 1 heterocycles. The van der Waals surface area contributed by atoms with Crippen molar-refractivity contribution in [1.29, 1.82) is 0 Å². The summed E-state index contributed by atoms with van der Waals surface area (Å²) < 4.78 is 1.88. The number of carboxylic acid groups (broad SMARTS) is 1. The van der Waals surface area contributed by atoms with Crippen molar-refractivity contribution in [2.24, 2.45) is 5.92 Å². The minimum Gasteiger partial charge on any atom is -0.479 e. The Balaban J connectivity index is 2.48. The Kier molecular flexibility index (Phi) is 2.98. The molecule has 94 valence electrons. The van der Waals surface area contributed by atoms with Crippen LogP contribution in [0.1, 0.15) is 44.0 Å². The number of aromatic nitrogens is 2. The summed E-state index contributed by atoms with van der Waals surface area (Å²) in [6.45, 7) is 6.01. The maximum atomic E-state index is 11.7. The molecule has 0 bridgehead atoms. The molecule has 0 saturated heterocycles. The average molecular weight is 236 g/mol. The maximum Gasteiger partial charge on any atom is 0.329 e. The van der Waals surface area contributed by atoms with Crippen LogP contribution in [0.5, 0.6) is 0 Å². The van der Waals surface area contributed by atoms with Gasteiger partial charge in [0.15, 0.2) is 0 Å². The quantitative estimate of drug-likeness (QED) is 0.858. The van der Waals surface area contributed by atoms with Crippen LogP contribution in [-0.2, 0) is 10.3 Å². The summed E-state index contributed by atoms with van der Waals surface area (Å²) in [4.78, 5) is 16.0. The second kappa shape index (κ2) is 4.17. The molecule has 17 heavy (non-hydrogen) atoms. The molecule has 4 heteroatoms. The van der Waals surface area contributed by atoms with Crippen molar-refractivity contribution in [2.45, 2.75) is 52.0 Å². The molecule has 1 aliphatic carbocycles. The summed E-state index contributed by atoms with van der Waals surface area (Å²) in [5.41, 5.74) is 1.12. The van der Waals surface area contributed by atoms with Crippen LogP contribution in [0.3, 0.4) is 0 Å². The van der Waals surface area contributed by atoms with Crippen molar-refractivity contribution in [3.63, 3.8) is 0 Å². The molecule has 1 aliphatic rings. The summed E-state index contributed by atoms with van der Waals surface area (Å²) in [6, 6.07) is 0. The van der Waals surface area contributed by atoms with E-state index >= 15 is 0 Å². The van der Waals surface area contributed by atoms with Crippen molar-refractivity contribution < 1.29 is 9.90 Å². The van der Waals surface area contributed by atoms with Gasteiger partial charge in [-0.15, -0.1) is 0 Å². The second-order valence-corrected chi connectivity index (χ2v) is 5.32. The number of aliphatic carboxylic acids is 1. The Morgan fingerprint density at radius 2 is 2.29 bits per heavy atom. The third-order valence-electron chi connectivity index (χ3n) is 4.08. The molecule has 4 nitrogen and oxygen atoms in total. The number of rotatable bonds is 2. The Labute approximate surface area is 102 Å². The van der Waals surface area contributed by atoms with Gasteiger partial charge in [0.1, 0.15) is 5.54 Å². The smallest absolute Gasteiger partial charge is 0.329 e. The highest BCUT2D eigenvalue weighted by atomic mass is 16.4. The summed E-state index contributed by atoms with van der Waals surface area (Å²) in [7, 11) is 0. The van der Waals surface area contributed by atoms with Gasteiger partial charge in [-0.2, -0.15) is 0 Å². The fourth-order valence-electron chi connectivity index (χ4n) is 2.97. The van der Waals surface area contributed by atoms with Crippen LogP contribution >= 0.6 is 0 Å². The first-order valence-corrected chi connectivity index (χ1v) is 6.22. The number of carboxylic acids is 1. The standard InChI is InChI=1S/C13H20N2O2/c1-9-5-4-6-13(7-9,12(16)17)15-8-14-10(2)11(15)3/h8-9H,4-7H2,1-3H3,(H,16,17). The zero-order chi connectivity index (χ0) is 12.6. The lowest BCUT2D eigenvalue weighted by molar-refractivity contribution is -0.150. The van der Waals surface area contributed by atoms with Crippen molar-refractivity contribution >= 4 is 5.97 Å². The van der Waals surface area contributed by atoms with E-state index in [9.17, 15) is 9.90 Å². The van der Waals surface area contributed by atoms with Gasteiger partial charge in [0.25, 0.3) is 0 Å². The van der Waals surface area contributed by atoms with E-state index < -0.39 is 11.5 Å². The van der Waals surface area contributed by atoms with Crippen LogP contribution in [0, 0.1) is 19.8 Å². The summed E-state index contributed by atoms with van der Waals surface area (Å²) in [5.74, 6) is -0.258. The fraction of sp³-hybridized carbons (Fsp3) is 0.692. The van der Waals surface area contributed by atoms with Gasteiger partial charge in [-0.25, -0.2) is 9.78 Å². The Morgan fingerprint density at radius 3 is 2.76 bits per heavy atom. The average Bonchev–Trinajstić information content (AvgIpc) is 2.59. The molecule has 1 fully saturated rings. The zero-order valence-electron chi connectivity index (χ0n) is 10.7. The number of hydrogen-bond acceptors (Lipinski definition) is 2. The van der Waals surface area contributed by atoms with Crippen LogP contribution < -0.4 is 0 Å².